The second-order valence-corrected chi connectivity index (χ2v) is 4.07. The van der Waals surface area contributed by atoms with Gasteiger partial charge in [0.2, 0.25) is 4.87 Å². The van der Waals surface area contributed by atoms with Crippen molar-refractivity contribution >= 4 is 45.4 Å². The van der Waals surface area contributed by atoms with E-state index in [4.69, 9.17) is 0 Å². The van der Waals surface area contributed by atoms with Crippen molar-refractivity contribution in [3.8, 4) is 0 Å². The summed E-state index contributed by atoms with van der Waals surface area (Å²) in [4.78, 5) is -1.91. The zero-order chi connectivity index (χ0) is 9.53. The van der Waals surface area contributed by atoms with Crippen LogP contribution in [0.25, 0.3) is 0 Å². The van der Waals surface area contributed by atoms with Gasteiger partial charge in [0.05, 0.1) is 0 Å². The SMILES string of the molecule is O=S(=O)([O-])C12C=CC=CC1=NN=N2.[Ag+].[NaH]. The maximum atomic E-state index is 10.9. The summed E-state index contributed by atoms with van der Waals surface area (Å²) in [5.41, 5.74) is 0.0463. The molecule has 1 unspecified atom stereocenters. The van der Waals surface area contributed by atoms with E-state index >= 15 is 0 Å². The number of rotatable bonds is 1. The molecule has 0 saturated heterocycles. The van der Waals surface area contributed by atoms with Crippen LogP contribution in [0.3, 0.4) is 0 Å². The van der Waals surface area contributed by atoms with Crippen molar-refractivity contribution in [2.24, 2.45) is 15.4 Å². The fraction of sp³-hybridized carbons (Fsp3) is 0.167. The third-order valence-electron chi connectivity index (χ3n) is 1.78. The second-order valence-electron chi connectivity index (χ2n) is 2.54. The Morgan fingerprint density at radius 2 is 2.00 bits per heavy atom. The van der Waals surface area contributed by atoms with Gasteiger partial charge < -0.3 is 4.55 Å². The first kappa shape index (κ1) is 15.4. The molecule has 0 fully saturated rings. The molecule has 0 aromatic carbocycles. The van der Waals surface area contributed by atoms with Crippen LogP contribution in [0.4, 0.5) is 0 Å². The second kappa shape index (κ2) is 5.15. The molecule has 0 bridgehead atoms. The van der Waals surface area contributed by atoms with E-state index in [0.717, 1.165) is 0 Å². The van der Waals surface area contributed by atoms with E-state index in [0.29, 0.717) is 0 Å². The predicted molar refractivity (Wildman–Crippen MR) is 50.1 cm³/mol. The minimum absolute atomic E-state index is 0. The van der Waals surface area contributed by atoms with Crippen LogP contribution in [-0.4, -0.2) is 53.1 Å². The Morgan fingerprint density at radius 3 is 2.53 bits per heavy atom. The van der Waals surface area contributed by atoms with Crippen LogP contribution < -0.4 is 0 Å². The Hall–Kier alpha value is 0.400. The monoisotopic (exact) mass is 329 g/mol. The van der Waals surface area contributed by atoms with Crippen molar-refractivity contribution in [2.45, 2.75) is 4.87 Å². The van der Waals surface area contributed by atoms with Crippen LogP contribution >= 0.6 is 0 Å². The van der Waals surface area contributed by atoms with Crippen molar-refractivity contribution < 1.29 is 35.4 Å². The fourth-order valence-electron chi connectivity index (χ4n) is 1.13. The number of allylic oxidation sites excluding steroid dienone is 2. The van der Waals surface area contributed by atoms with Crippen LogP contribution in [0.1, 0.15) is 0 Å². The fourth-order valence-corrected chi connectivity index (χ4v) is 1.87. The number of nitrogens with zero attached hydrogens (tertiary/aromatic N) is 3. The van der Waals surface area contributed by atoms with Gasteiger partial charge in [-0.3, -0.25) is 0 Å². The first-order chi connectivity index (χ1) is 6.06. The molecule has 15 heavy (non-hydrogen) atoms. The molecule has 80 valence electrons. The van der Waals surface area contributed by atoms with Gasteiger partial charge in [-0.05, 0) is 17.4 Å². The Bertz CT molecular complexity index is 470. The minimum atomic E-state index is -4.60. The van der Waals surface area contributed by atoms with Gasteiger partial charge in [0.1, 0.15) is 15.8 Å². The zero-order valence-corrected chi connectivity index (χ0v) is 8.88. The molecule has 0 saturated carbocycles. The quantitative estimate of drug-likeness (QED) is 0.480. The van der Waals surface area contributed by atoms with Gasteiger partial charge >= 0.3 is 51.9 Å². The average molecular weight is 330 g/mol. The third kappa shape index (κ3) is 2.40. The van der Waals surface area contributed by atoms with Gasteiger partial charge in [0.25, 0.3) is 0 Å². The van der Waals surface area contributed by atoms with E-state index in [2.05, 4.69) is 15.4 Å². The molecule has 2 rings (SSSR count). The average Bonchev–Trinajstić information content (AvgIpc) is 2.46. The standard InChI is InChI=1S/C6H5N3O3S.Ag.Na.H/c10-13(11,12)6-4-2-1-3-5(6)7-9-8-6;;;/h1-4H,(H,10,11,12);;;/q;+1;;/p-1. The Morgan fingerprint density at radius 1 is 1.33 bits per heavy atom. The van der Waals surface area contributed by atoms with E-state index in [1.807, 2.05) is 0 Å². The van der Waals surface area contributed by atoms with Gasteiger partial charge in [-0.2, -0.15) is 0 Å². The summed E-state index contributed by atoms with van der Waals surface area (Å²) in [6.45, 7) is 0. The summed E-state index contributed by atoms with van der Waals surface area (Å²) in [5, 5.41) is 10.00. The van der Waals surface area contributed by atoms with Crippen LogP contribution in [0.5, 0.6) is 0 Å². The summed E-state index contributed by atoms with van der Waals surface area (Å²) < 4.78 is 32.7. The Balaban J connectivity index is 0.000000980. The molecule has 0 spiro atoms. The van der Waals surface area contributed by atoms with Crippen molar-refractivity contribution in [1.29, 1.82) is 0 Å². The topological polar surface area (TPSA) is 94.3 Å². The molecular weight excluding hydrogens is 325 g/mol. The predicted octanol–water partition coefficient (Wildman–Crippen LogP) is -0.475. The molecule has 1 heterocycles. The van der Waals surface area contributed by atoms with E-state index in [1.54, 1.807) is 6.08 Å². The molecule has 2 aliphatic rings. The summed E-state index contributed by atoms with van der Waals surface area (Å²) >= 11 is 0. The Labute approximate surface area is 124 Å². The molecule has 0 aromatic heterocycles. The van der Waals surface area contributed by atoms with Crippen molar-refractivity contribution in [1.82, 2.24) is 0 Å². The molecule has 6 nitrogen and oxygen atoms in total. The molecule has 0 amide bonds. The number of hydrogen-bond donors (Lipinski definition) is 0. The molecule has 0 radical (unpaired) electrons. The van der Waals surface area contributed by atoms with Crippen molar-refractivity contribution in [2.75, 3.05) is 0 Å². The van der Waals surface area contributed by atoms with E-state index < -0.39 is 15.0 Å². The van der Waals surface area contributed by atoms with Gasteiger partial charge in [-0.25, -0.2) is 8.42 Å². The van der Waals surface area contributed by atoms with Crippen LogP contribution in [0.2, 0.25) is 0 Å². The van der Waals surface area contributed by atoms with E-state index in [1.165, 1.54) is 18.2 Å². The molecule has 1 aliphatic carbocycles. The maximum absolute atomic E-state index is 10.9. The van der Waals surface area contributed by atoms with Crippen LogP contribution in [0, 0.1) is 0 Å². The Kier molecular flexibility index (Phi) is 5.29. The summed E-state index contributed by atoms with van der Waals surface area (Å²) in [6.07, 6.45) is 5.57. The normalized spacial score (nSPS) is 26.3. The molecule has 9 heteroatoms. The van der Waals surface area contributed by atoms with Crippen molar-refractivity contribution in [3.63, 3.8) is 0 Å². The first-order valence-electron chi connectivity index (χ1n) is 3.38. The number of hydrogen-bond acceptors (Lipinski definition) is 6. The zero-order valence-electron chi connectivity index (χ0n) is 6.59. The summed E-state index contributed by atoms with van der Waals surface area (Å²) in [7, 11) is -4.60. The summed E-state index contributed by atoms with van der Waals surface area (Å²) in [6, 6.07) is 0. The molecule has 0 aromatic rings. The molecular formula is C6H5AgN3NaO3S. The van der Waals surface area contributed by atoms with E-state index in [-0.39, 0.29) is 57.6 Å². The van der Waals surface area contributed by atoms with Gasteiger partial charge in [-0.1, -0.05) is 12.2 Å². The molecule has 1 atom stereocenters. The van der Waals surface area contributed by atoms with Crippen molar-refractivity contribution in [3.05, 3.63) is 24.3 Å². The first-order valence-corrected chi connectivity index (χ1v) is 4.79. The van der Waals surface area contributed by atoms with Gasteiger partial charge in [-0.15, -0.1) is 10.2 Å². The summed E-state index contributed by atoms with van der Waals surface area (Å²) in [5.74, 6) is 0. The van der Waals surface area contributed by atoms with E-state index in [9.17, 15) is 13.0 Å². The van der Waals surface area contributed by atoms with Crippen LogP contribution in [0.15, 0.2) is 39.7 Å². The molecule has 1 aliphatic heterocycles. The van der Waals surface area contributed by atoms with Gasteiger partial charge in [0.15, 0.2) is 0 Å². The van der Waals surface area contributed by atoms with Crippen LogP contribution in [-0.2, 0) is 32.5 Å². The number of fused-ring (bicyclic) bond motifs is 1. The molecule has 0 N–H and O–H groups in total. The third-order valence-corrected chi connectivity index (χ3v) is 2.97. The van der Waals surface area contributed by atoms with Gasteiger partial charge in [0, 0.05) is 0 Å².